The molecule has 0 aliphatic heterocycles. The van der Waals surface area contributed by atoms with Crippen molar-refractivity contribution in [1.29, 1.82) is 0 Å². The molecule has 0 aromatic carbocycles. The van der Waals surface area contributed by atoms with Crippen molar-refractivity contribution in [2.45, 2.75) is 25.5 Å². The van der Waals surface area contributed by atoms with Gasteiger partial charge in [-0.05, 0) is 31.5 Å². The average molecular weight is 363 g/mol. The lowest BCUT2D eigenvalue weighted by Crippen LogP contribution is -2.42. The van der Waals surface area contributed by atoms with E-state index in [4.69, 9.17) is 11.6 Å². The van der Waals surface area contributed by atoms with Crippen LogP contribution in [0.5, 0.6) is 0 Å². The molecule has 2 rings (SSSR count). The molecule has 2 atom stereocenters. The maximum Gasteiger partial charge on any atom is 0.213 e. The Morgan fingerprint density at radius 1 is 1.59 bits per heavy atom. The van der Waals surface area contributed by atoms with Gasteiger partial charge in [0, 0.05) is 28.4 Å². The summed E-state index contributed by atoms with van der Waals surface area (Å²) < 4.78 is 24.2. The summed E-state index contributed by atoms with van der Waals surface area (Å²) in [7, 11) is -2.03. The van der Waals surface area contributed by atoms with Gasteiger partial charge in [-0.2, -0.15) is 4.31 Å². The summed E-state index contributed by atoms with van der Waals surface area (Å²) in [6, 6.07) is 0. The van der Waals surface area contributed by atoms with Crippen molar-refractivity contribution in [1.82, 2.24) is 4.31 Å². The lowest BCUT2D eigenvalue weighted by atomic mass is 9.86. The Balaban J connectivity index is 2.29. The Morgan fingerprint density at radius 3 is 2.73 bits per heavy atom. The fraction of sp³-hybridized carbons (Fsp3) is 0.500. The first kappa shape index (κ1) is 17.6. The van der Waals surface area contributed by atoms with Crippen LogP contribution < -0.4 is 0 Å². The molecule has 122 valence electrons. The zero-order valence-electron chi connectivity index (χ0n) is 12.5. The number of thiophene rings is 1. The van der Waals surface area contributed by atoms with E-state index in [9.17, 15) is 13.5 Å². The molecule has 22 heavy (non-hydrogen) atoms. The molecule has 1 aliphatic rings. The number of halogens is 1. The van der Waals surface area contributed by atoms with Gasteiger partial charge in [0.1, 0.15) is 11.2 Å². The first-order chi connectivity index (χ1) is 10.2. The Labute approximate surface area is 140 Å². The van der Waals surface area contributed by atoms with Gasteiger partial charge in [0.05, 0.1) is 6.26 Å². The SMILES string of the molecule is C=Nc1sc2c(c1C(=C)Cl)CCC(C(O)N(C)S(C)(=O)=O)C2. The number of nitrogens with zero attached hydrogens (tertiary/aromatic N) is 2. The van der Waals surface area contributed by atoms with E-state index in [-0.39, 0.29) is 5.92 Å². The van der Waals surface area contributed by atoms with Gasteiger partial charge in [-0.15, -0.1) is 11.3 Å². The molecule has 0 fully saturated rings. The molecule has 1 aliphatic carbocycles. The normalized spacial score (nSPS) is 19.8. The number of hydrogen-bond donors (Lipinski definition) is 1. The smallest absolute Gasteiger partial charge is 0.213 e. The van der Waals surface area contributed by atoms with E-state index in [2.05, 4.69) is 18.3 Å². The van der Waals surface area contributed by atoms with Gasteiger partial charge < -0.3 is 5.11 Å². The third kappa shape index (κ3) is 3.28. The van der Waals surface area contributed by atoms with Crippen LogP contribution in [0.3, 0.4) is 0 Å². The number of aliphatic imine (C=N–C) groups is 1. The number of hydrogen-bond acceptors (Lipinski definition) is 5. The number of rotatable bonds is 5. The Hall–Kier alpha value is -0.730. The highest BCUT2D eigenvalue weighted by Gasteiger charge is 2.33. The number of aliphatic hydroxyl groups is 1. The molecule has 1 aromatic heterocycles. The third-order valence-corrected chi connectivity index (χ3v) is 6.65. The van der Waals surface area contributed by atoms with Crippen LogP contribution >= 0.6 is 22.9 Å². The van der Waals surface area contributed by atoms with E-state index in [1.54, 1.807) is 0 Å². The maximum absolute atomic E-state index is 11.6. The Kier molecular flexibility index (Phi) is 5.13. The zero-order chi connectivity index (χ0) is 16.7. The van der Waals surface area contributed by atoms with Gasteiger partial charge in [-0.3, -0.25) is 4.99 Å². The molecule has 0 spiro atoms. The Bertz CT molecular complexity index is 712. The second-order valence-electron chi connectivity index (χ2n) is 5.44. The quantitative estimate of drug-likeness (QED) is 0.646. The fourth-order valence-electron chi connectivity index (χ4n) is 2.74. The van der Waals surface area contributed by atoms with Crippen LogP contribution in [0.25, 0.3) is 5.03 Å². The maximum atomic E-state index is 11.6. The lowest BCUT2D eigenvalue weighted by molar-refractivity contribution is 0.0178. The first-order valence-electron chi connectivity index (χ1n) is 6.74. The third-order valence-electron chi connectivity index (χ3n) is 4.02. The van der Waals surface area contributed by atoms with Crippen molar-refractivity contribution in [2.75, 3.05) is 13.3 Å². The summed E-state index contributed by atoms with van der Waals surface area (Å²) in [5.74, 6) is -0.153. The topological polar surface area (TPSA) is 70.0 Å². The van der Waals surface area contributed by atoms with E-state index in [1.165, 1.54) is 18.4 Å². The predicted octanol–water partition coefficient (Wildman–Crippen LogP) is 2.60. The molecule has 1 aromatic rings. The molecule has 1 N–H and O–H groups in total. The molecular formula is C14H19ClN2O3S2. The van der Waals surface area contributed by atoms with Crippen molar-refractivity contribution in [3.05, 3.63) is 22.6 Å². The van der Waals surface area contributed by atoms with E-state index >= 15 is 0 Å². The fourth-order valence-corrected chi connectivity index (χ4v) is 4.83. The summed E-state index contributed by atoms with van der Waals surface area (Å²) in [5.41, 5.74) is 1.93. The van der Waals surface area contributed by atoms with E-state index < -0.39 is 16.3 Å². The highest BCUT2D eigenvalue weighted by atomic mass is 35.5. The first-order valence-corrected chi connectivity index (χ1v) is 9.78. The van der Waals surface area contributed by atoms with Crippen LogP contribution in [-0.4, -0.2) is 44.1 Å². The Morgan fingerprint density at radius 2 is 2.23 bits per heavy atom. The number of fused-ring (bicyclic) bond motifs is 1. The highest BCUT2D eigenvalue weighted by molar-refractivity contribution is 7.88. The minimum Gasteiger partial charge on any atom is -0.377 e. The summed E-state index contributed by atoms with van der Waals surface area (Å²) >= 11 is 7.54. The van der Waals surface area contributed by atoms with Crippen LogP contribution in [-0.2, 0) is 22.9 Å². The van der Waals surface area contributed by atoms with Gasteiger partial charge in [0.25, 0.3) is 0 Å². The second-order valence-corrected chi connectivity index (χ2v) is 9.02. The van der Waals surface area contributed by atoms with Crippen molar-refractivity contribution in [3.63, 3.8) is 0 Å². The lowest BCUT2D eigenvalue weighted by Gasteiger charge is -2.31. The molecule has 0 saturated carbocycles. The second kappa shape index (κ2) is 6.41. The summed E-state index contributed by atoms with van der Waals surface area (Å²) in [5, 5.41) is 11.5. The standard InChI is InChI=1S/C14H19ClN2O3S2/c1-8(15)12-10-6-5-9(7-11(10)21-13(12)16-2)14(18)17(3)22(4,19)20/h9,14,18H,1-2,5-7H2,3-4H3. The molecule has 0 bridgehead atoms. The van der Waals surface area contributed by atoms with Crippen LogP contribution in [0, 0.1) is 5.92 Å². The molecule has 0 radical (unpaired) electrons. The monoisotopic (exact) mass is 362 g/mol. The average Bonchev–Trinajstić information content (AvgIpc) is 2.82. The number of sulfonamides is 1. The summed E-state index contributed by atoms with van der Waals surface area (Å²) in [6.45, 7) is 7.33. The van der Waals surface area contributed by atoms with Gasteiger partial charge in [-0.1, -0.05) is 18.2 Å². The van der Waals surface area contributed by atoms with Crippen LogP contribution in [0.15, 0.2) is 11.6 Å². The summed E-state index contributed by atoms with van der Waals surface area (Å²) in [6.07, 6.45) is 2.03. The molecule has 5 nitrogen and oxygen atoms in total. The van der Waals surface area contributed by atoms with E-state index in [0.717, 1.165) is 31.6 Å². The van der Waals surface area contributed by atoms with Gasteiger partial charge >= 0.3 is 0 Å². The van der Waals surface area contributed by atoms with Crippen LogP contribution in [0.1, 0.15) is 22.4 Å². The van der Waals surface area contributed by atoms with Crippen molar-refractivity contribution >= 4 is 49.7 Å². The predicted molar refractivity (Wildman–Crippen MR) is 92.5 cm³/mol. The van der Waals surface area contributed by atoms with E-state index in [0.29, 0.717) is 24.3 Å². The van der Waals surface area contributed by atoms with E-state index in [1.807, 2.05) is 0 Å². The van der Waals surface area contributed by atoms with Crippen molar-refractivity contribution in [2.24, 2.45) is 10.9 Å². The largest absolute Gasteiger partial charge is 0.377 e. The molecular weight excluding hydrogens is 344 g/mol. The van der Waals surface area contributed by atoms with Crippen molar-refractivity contribution < 1.29 is 13.5 Å². The molecule has 0 amide bonds. The summed E-state index contributed by atoms with van der Waals surface area (Å²) in [4.78, 5) is 5.06. The molecule has 2 unspecified atom stereocenters. The van der Waals surface area contributed by atoms with Gasteiger partial charge in [0.15, 0.2) is 0 Å². The van der Waals surface area contributed by atoms with Crippen LogP contribution in [0.4, 0.5) is 5.00 Å². The van der Waals surface area contributed by atoms with Gasteiger partial charge in [0.2, 0.25) is 10.0 Å². The minimum atomic E-state index is -3.43. The van der Waals surface area contributed by atoms with Crippen LogP contribution in [0.2, 0.25) is 0 Å². The molecule has 1 heterocycles. The van der Waals surface area contributed by atoms with Gasteiger partial charge in [-0.25, -0.2) is 8.42 Å². The molecule has 0 saturated heterocycles. The zero-order valence-corrected chi connectivity index (χ0v) is 14.9. The highest BCUT2D eigenvalue weighted by Crippen LogP contribution is 2.45. The molecule has 8 heteroatoms. The number of aliphatic hydroxyl groups excluding tert-OH is 1. The minimum absolute atomic E-state index is 0.153. The van der Waals surface area contributed by atoms with Crippen molar-refractivity contribution in [3.8, 4) is 0 Å².